The molecule has 4 heteroatoms. The zero-order valence-electron chi connectivity index (χ0n) is 10.9. The molecule has 0 aliphatic heterocycles. The van der Waals surface area contributed by atoms with E-state index in [0.717, 1.165) is 29.4 Å². The number of rotatable bonds is 6. The molecule has 1 aromatic rings. The van der Waals surface area contributed by atoms with Crippen LogP contribution in [0.15, 0.2) is 10.7 Å². The molecule has 1 saturated carbocycles. The molecule has 0 bridgehead atoms. The molecule has 1 aliphatic carbocycles. The van der Waals surface area contributed by atoms with Crippen LogP contribution in [-0.2, 0) is 6.54 Å². The predicted octanol–water partition coefficient (Wildman–Crippen LogP) is 3.36. The van der Waals surface area contributed by atoms with Crippen LogP contribution in [0, 0.1) is 11.8 Å². The summed E-state index contributed by atoms with van der Waals surface area (Å²) in [6, 6.07) is 0.460. The highest BCUT2D eigenvalue weighted by molar-refractivity contribution is 9.10. The first-order chi connectivity index (χ1) is 8.19. The molecule has 1 aliphatic rings. The number of nitrogens with one attached hydrogen (secondary N) is 1. The Kier molecular flexibility index (Phi) is 4.26. The van der Waals surface area contributed by atoms with Gasteiger partial charge in [-0.15, -0.1) is 0 Å². The van der Waals surface area contributed by atoms with Gasteiger partial charge in [-0.2, -0.15) is 5.10 Å². The number of aryl methyl sites for hydroxylation is 1. The molecule has 1 heterocycles. The average molecular weight is 300 g/mol. The lowest BCUT2D eigenvalue weighted by Crippen LogP contribution is -2.27. The van der Waals surface area contributed by atoms with Gasteiger partial charge in [-0.3, -0.25) is 4.68 Å². The lowest BCUT2D eigenvalue weighted by molar-refractivity contribution is 0.425. The molecule has 0 spiro atoms. The van der Waals surface area contributed by atoms with Gasteiger partial charge in [0.2, 0.25) is 0 Å². The summed E-state index contributed by atoms with van der Waals surface area (Å²) in [6.07, 6.45) is 4.44. The fourth-order valence-electron chi connectivity index (χ4n) is 2.50. The first kappa shape index (κ1) is 13.1. The summed E-state index contributed by atoms with van der Waals surface area (Å²) >= 11 is 3.64. The Morgan fingerprint density at radius 2 is 2.29 bits per heavy atom. The van der Waals surface area contributed by atoms with E-state index in [1.807, 2.05) is 6.20 Å². The van der Waals surface area contributed by atoms with E-state index in [2.05, 4.69) is 51.8 Å². The summed E-state index contributed by atoms with van der Waals surface area (Å²) in [7, 11) is 0. The number of hydrogen-bond acceptors (Lipinski definition) is 2. The lowest BCUT2D eigenvalue weighted by Gasteiger charge is -2.20. The topological polar surface area (TPSA) is 29.9 Å². The van der Waals surface area contributed by atoms with Crippen LogP contribution in [0.25, 0.3) is 0 Å². The van der Waals surface area contributed by atoms with Crippen molar-refractivity contribution in [2.24, 2.45) is 11.8 Å². The maximum atomic E-state index is 4.43. The van der Waals surface area contributed by atoms with E-state index >= 15 is 0 Å². The van der Waals surface area contributed by atoms with E-state index in [4.69, 9.17) is 0 Å². The molecule has 1 N–H and O–H groups in total. The predicted molar refractivity (Wildman–Crippen MR) is 73.9 cm³/mol. The van der Waals surface area contributed by atoms with Gasteiger partial charge in [-0.1, -0.05) is 13.8 Å². The minimum absolute atomic E-state index is 0.460. The van der Waals surface area contributed by atoms with Crippen LogP contribution in [0.3, 0.4) is 0 Å². The molecular formula is C13H22BrN3. The van der Waals surface area contributed by atoms with Crippen molar-refractivity contribution in [2.45, 2.75) is 46.2 Å². The van der Waals surface area contributed by atoms with E-state index < -0.39 is 0 Å². The van der Waals surface area contributed by atoms with Crippen molar-refractivity contribution >= 4 is 15.9 Å². The molecule has 0 aromatic carbocycles. The monoisotopic (exact) mass is 299 g/mol. The van der Waals surface area contributed by atoms with Crippen LogP contribution >= 0.6 is 15.9 Å². The fraction of sp³-hybridized carbons (Fsp3) is 0.769. The van der Waals surface area contributed by atoms with Crippen LogP contribution in [0.1, 0.15) is 45.3 Å². The van der Waals surface area contributed by atoms with Gasteiger partial charge in [-0.05, 0) is 54.1 Å². The molecule has 96 valence electrons. The Hall–Kier alpha value is -0.350. The Morgan fingerprint density at radius 1 is 1.59 bits per heavy atom. The molecule has 0 saturated heterocycles. The summed E-state index contributed by atoms with van der Waals surface area (Å²) in [6.45, 7) is 8.72. The highest BCUT2D eigenvalue weighted by Gasteiger charge is 2.41. The highest BCUT2D eigenvalue weighted by atomic mass is 79.9. The molecule has 3 atom stereocenters. The van der Waals surface area contributed by atoms with Gasteiger partial charge < -0.3 is 5.32 Å². The zero-order chi connectivity index (χ0) is 12.4. The molecule has 17 heavy (non-hydrogen) atoms. The lowest BCUT2D eigenvalue weighted by atomic mass is 10.1. The Morgan fingerprint density at radius 3 is 2.82 bits per heavy atom. The molecule has 0 radical (unpaired) electrons. The fourth-order valence-corrected chi connectivity index (χ4v) is 3.04. The van der Waals surface area contributed by atoms with Crippen molar-refractivity contribution in [1.82, 2.24) is 15.1 Å². The second-order valence-electron chi connectivity index (χ2n) is 5.00. The standard InChI is InChI=1S/C13H22BrN3/c1-4-6-15-12(10-7-9(10)3)13-11(14)8-16-17(13)5-2/h8-10,12,15H,4-7H2,1-3H3. The summed E-state index contributed by atoms with van der Waals surface area (Å²) in [4.78, 5) is 0. The SMILES string of the molecule is CCCNC(c1c(Br)cnn1CC)C1CC1C. The maximum Gasteiger partial charge on any atom is 0.0698 e. The molecule has 3 unspecified atom stereocenters. The zero-order valence-corrected chi connectivity index (χ0v) is 12.5. The maximum absolute atomic E-state index is 4.43. The van der Waals surface area contributed by atoms with Crippen LogP contribution in [0.4, 0.5) is 0 Å². The van der Waals surface area contributed by atoms with Gasteiger partial charge in [0.05, 0.1) is 22.4 Å². The third kappa shape index (κ3) is 2.74. The first-order valence-electron chi connectivity index (χ1n) is 6.63. The Bertz CT molecular complexity index is 375. The van der Waals surface area contributed by atoms with E-state index in [0.29, 0.717) is 6.04 Å². The molecule has 1 aromatic heterocycles. The van der Waals surface area contributed by atoms with Gasteiger partial charge >= 0.3 is 0 Å². The van der Waals surface area contributed by atoms with Crippen molar-refractivity contribution in [1.29, 1.82) is 0 Å². The van der Waals surface area contributed by atoms with E-state index in [9.17, 15) is 0 Å². The second kappa shape index (κ2) is 5.53. The minimum atomic E-state index is 0.460. The van der Waals surface area contributed by atoms with Crippen molar-refractivity contribution in [3.63, 3.8) is 0 Å². The van der Waals surface area contributed by atoms with Crippen LogP contribution in [0.5, 0.6) is 0 Å². The normalized spacial score (nSPS) is 24.9. The number of halogens is 1. The van der Waals surface area contributed by atoms with Crippen LogP contribution in [-0.4, -0.2) is 16.3 Å². The van der Waals surface area contributed by atoms with Gasteiger partial charge in [0, 0.05) is 6.54 Å². The van der Waals surface area contributed by atoms with Crippen molar-refractivity contribution < 1.29 is 0 Å². The minimum Gasteiger partial charge on any atom is -0.308 e. The van der Waals surface area contributed by atoms with Gasteiger partial charge in [0.1, 0.15) is 0 Å². The molecular weight excluding hydrogens is 278 g/mol. The van der Waals surface area contributed by atoms with Gasteiger partial charge in [0.15, 0.2) is 0 Å². The largest absolute Gasteiger partial charge is 0.308 e. The second-order valence-corrected chi connectivity index (χ2v) is 5.86. The summed E-state index contributed by atoms with van der Waals surface area (Å²) in [5.41, 5.74) is 1.33. The van der Waals surface area contributed by atoms with E-state index in [1.54, 1.807) is 0 Å². The average Bonchev–Trinajstić information content (AvgIpc) is 2.92. The molecule has 1 fully saturated rings. The van der Waals surface area contributed by atoms with E-state index in [1.165, 1.54) is 18.5 Å². The quantitative estimate of drug-likeness (QED) is 0.873. The van der Waals surface area contributed by atoms with Crippen LogP contribution in [0.2, 0.25) is 0 Å². The number of hydrogen-bond donors (Lipinski definition) is 1. The summed E-state index contributed by atoms with van der Waals surface area (Å²) < 4.78 is 3.26. The van der Waals surface area contributed by atoms with Crippen molar-refractivity contribution in [3.05, 3.63) is 16.4 Å². The molecule has 0 amide bonds. The number of nitrogens with zero attached hydrogens (tertiary/aromatic N) is 2. The third-order valence-corrected chi connectivity index (χ3v) is 4.25. The smallest absolute Gasteiger partial charge is 0.0698 e. The summed E-state index contributed by atoms with van der Waals surface area (Å²) in [5.74, 6) is 1.62. The first-order valence-corrected chi connectivity index (χ1v) is 7.42. The third-order valence-electron chi connectivity index (χ3n) is 3.64. The van der Waals surface area contributed by atoms with Crippen molar-refractivity contribution in [3.8, 4) is 0 Å². The Labute approximate surface area is 112 Å². The molecule has 2 rings (SSSR count). The highest BCUT2D eigenvalue weighted by Crippen LogP contribution is 2.48. The Balaban J connectivity index is 2.21. The van der Waals surface area contributed by atoms with Crippen LogP contribution < -0.4 is 5.32 Å². The van der Waals surface area contributed by atoms with Gasteiger partial charge in [-0.25, -0.2) is 0 Å². The van der Waals surface area contributed by atoms with Crippen molar-refractivity contribution in [2.75, 3.05) is 6.54 Å². The van der Waals surface area contributed by atoms with E-state index in [-0.39, 0.29) is 0 Å². The number of aromatic nitrogens is 2. The molecule has 3 nitrogen and oxygen atoms in total. The summed E-state index contributed by atoms with van der Waals surface area (Å²) in [5, 5.41) is 8.12. The van der Waals surface area contributed by atoms with Gasteiger partial charge in [0.25, 0.3) is 0 Å².